The molecule has 0 heterocycles. The van der Waals surface area contributed by atoms with E-state index in [1.807, 2.05) is 18.2 Å². The van der Waals surface area contributed by atoms with Crippen molar-refractivity contribution in [2.45, 2.75) is 6.42 Å². The molecule has 0 aromatic heterocycles. The van der Waals surface area contributed by atoms with Crippen LogP contribution < -0.4 is 5.32 Å². The summed E-state index contributed by atoms with van der Waals surface area (Å²) in [7, 11) is 0. The van der Waals surface area contributed by atoms with Crippen molar-refractivity contribution in [1.82, 2.24) is 0 Å². The third-order valence-corrected chi connectivity index (χ3v) is 2.75. The van der Waals surface area contributed by atoms with Gasteiger partial charge in [-0.15, -0.1) is 12.3 Å². The Bertz CT molecular complexity index is 330. The zero-order valence-electron chi connectivity index (χ0n) is 6.98. The summed E-state index contributed by atoms with van der Waals surface area (Å²) in [5.41, 5.74) is 0.989. The Kier molecular flexibility index (Phi) is 4.14. The van der Waals surface area contributed by atoms with Crippen LogP contribution in [0.2, 0.25) is 5.02 Å². The maximum absolute atomic E-state index is 5.90. The zero-order chi connectivity index (χ0) is 9.68. The van der Waals surface area contributed by atoms with Gasteiger partial charge in [-0.3, -0.25) is 0 Å². The van der Waals surface area contributed by atoms with E-state index in [1.54, 1.807) is 0 Å². The lowest BCUT2D eigenvalue weighted by molar-refractivity contribution is 1.10. The van der Waals surface area contributed by atoms with Crippen molar-refractivity contribution in [1.29, 1.82) is 0 Å². The Morgan fingerprint density at radius 2 is 2.31 bits per heavy atom. The van der Waals surface area contributed by atoms with Gasteiger partial charge >= 0.3 is 0 Å². The van der Waals surface area contributed by atoms with Crippen molar-refractivity contribution in [3.05, 3.63) is 27.7 Å². The number of hydrogen-bond acceptors (Lipinski definition) is 1. The smallest absolute Gasteiger partial charge is 0.0568 e. The SMILES string of the molecule is C#CCCNc1ccc(Br)c(Cl)c1. The van der Waals surface area contributed by atoms with E-state index in [0.29, 0.717) is 11.4 Å². The lowest BCUT2D eigenvalue weighted by Gasteiger charge is -2.04. The molecule has 0 aliphatic rings. The highest BCUT2D eigenvalue weighted by Gasteiger charge is 1.97. The van der Waals surface area contributed by atoms with E-state index in [-0.39, 0.29) is 0 Å². The fraction of sp³-hybridized carbons (Fsp3) is 0.200. The van der Waals surface area contributed by atoms with Crippen molar-refractivity contribution < 1.29 is 0 Å². The minimum atomic E-state index is 0.700. The van der Waals surface area contributed by atoms with Gasteiger partial charge in [0.15, 0.2) is 0 Å². The van der Waals surface area contributed by atoms with Crippen LogP contribution in [0.4, 0.5) is 5.69 Å². The molecule has 1 N–H and O–H groups in total. The summed E-state index contributed by atoms with van der Waals surface area (Å²) < 4.78 is 0.900. The van der Waals surface area contributed by atoms with Crippen LogP contribution in [-0.2, 0) is 0 Å². The predicted molar refractivity (Wildman–Crippen MR) is 61.1 cm³/mol. The second-order valence-corrected chi connectivity index (χ2v) is 3.77. The summed E-state index contributed by atoms with van der Waals surface area (Å²) in [6.45, 7) is 0.772. The Labute approximate surface area is 91.6 Å². The third-order valence-electron chi connectivity index (χ3n) is 1.52. The molecule has 0 aliphatic carbocycles. The molecule has 0 spiro atoms. The van der Waals surface area contributed by atoms with Gasteiger partial charge in [0.2, 0.25) is 0 Å². The van der Waals surface area contributed by atoms with E-state index in [4.69, 9.17) is 18.0 Å². The number of hydrogen-bond donors (Lipinski definition) is 1. The average Bonchev–Trinajstić information content (AvgIpc) is 2.12. The Morgan fingerprint density at radius 3 is 2.92 bits per heavy atom. The summed E-state index contributed by atoms with van der Waals surface area (Å²) >= 11 is 9.22. The van der Waals surface area contributed by atoms with Crippen LogP contribution in [0.15, 0.2) is 22.7 Å². The molecule has 0 fully saturated rings. The van der Waals surface area contributed by atoms with Crippen LogP contribution >= 0.6 is 27.5 Å². The van der Waals surface area contributed by atoms with Gasteiger partial charge in [0.1, 0.15) is 0 Å². The molecule has 1 rings (SSSR count). The van der Waals surface area contributed by atoms with E-state index in [2.05, 4.69) is 27.2 Å². The maximum Gasteiger partial charge on any atom is 0.0568 e. The van der Waals surface area contributed by atoms with Gasteiger partial charge < -0.3 is 5.32 Å². The molecule has 0 saturated carbocycles. The van der Waals surface area contributed by atoms with E-state index in [0.717, 1.165) is 16.7 Å². The summed E-state index contributed by atoms with van der Waals surface area (Å²) in [5.74, 6) is 2.56. The van der Waals surface area contributed by atoms with Crippen molar-refractivity contribution >= 4 is 33.2 Å². The highest BCUT2D eigenvalue weighted by atomic mass is 79.9. The molecule has 0 radical (unpaired) electrons. The van der Waals surface area contributed by atoms with Gasteiger partial charge in [-0.25, -0.2) is 0 Å². The van der Waals surface area contributed by atoms with Gasteiger partial charge in [-0.1, -0.05) is 11.6 Å². The van der Waals surface area contributed by atoms with Gasteiger partial charge in [-0.2, -0.15) is 0 Å². The minimum Gasteiger partial charge on any atom is -0.384 e. The minimum absolute atomic E-state index is 0.700. The van der Waals surface area contributed by atoms with Crippen LogP contribution in [0.5, 0.6) is 0 Å². The number of anilines is 1. The lowest BCUT2D eigenvalue weighted by atomic mass is 10.3. The lowest BCUT2D eigenvalue weighted by Crippen LogP contribution is -1.99. The zero-order valence-corrected chi connectivity index (χ0v) is 9.32. The maximum atomic E-state index is 5.90. The van der Waals surface area contributed by atoms with Gasteiger partial charge in [-0.05, 0) is 34.1 Å². The highest BCUT2D eigenvalue weighted by Crippen LogP contribution is 2.25. The summed E-state index contributed by atoms with van der Waals surface area (Å²) in [4.78, 5) is 0. The fourth-order valence-electron chi connectivity index (χ4n) is 0.885. The molecule has 13 heavy (non-hydrogen) atoms. The second-order valence-electron chi connectivity index (χ2n) is 2.51. The summed E-state index contributed by atoms with van der Waals surface area (Å²) in [6.07, 6.45) is 5.84. The molecule has 0 aliphatic heterocycles. The first-order chi connectivity index (χ1) is 6.24. The van der Waals surface area contributed by atoms with Gasteiger partial charge in [0.05, 0.1) is 5.02 Å². The van der Waals surface area contributed by atoms with E-state index in [1.165, 1.54) is 0 Å². The first-order valence-corrected chi connectivity index (χ1v) is 5.03. The summed E-state index contributed by atoms with van der Waals surface area (Å²) in [6, 6.07) is 5.72. The number of halogens is 2. The predicted octanol–water partition coefficient (Wildman–Crippen LogP) is 3.54. The Balaban J connectivity index is 2.59. The molecule has 0 saturated heterocycles. The highest BCUT2D eigenvalue weighted by molar-refractivity contribution is 9.10. The largest absolute Gasteiger partial charge is 0.384 e. The van der Waals surface area contributed by atoms with E-state index in [9.17, 15) is 0 Å². The van der Waals surface area contributed by atoms with Crippen molar-refractivity contribution in [2.24, 2.45) is 0 Å². The van der Waals surface area contributed by atoms with Gasteiger partial charge in [0.25, 0.3) is 0 Å². The molecular weight excluding hydrogens is 249 g/mol. The molecule has 0 amide bonds. The second kappa shape index (κ2) is 5.16. The Hall–Kier alpha value is -0.650. The molecule has 0 unspecified atom stereocenters. The molecule has 1 aromatic carbocycles. The number of terminal acetylenes is 1. The standard InChI is InChI=1S/C10H9BrClN/c1-2-3-6-13-8-4-5-9(11)10(12)7-8/h1,4-5,7,13H,3,6H2. The molecule has 1 aromatic rings. The van der Waals surface area contributed by atoms with Crippen LogP contribution in [-0.4, -0.2) is 6.54 Å². The monoisotopic (exact) mass is 257 g/mol. The van der Waals surface area contributed by atoms with Crippen molar-refractivity contribution in [3.63, 3.8) is 0 Å². The molecule has 68 valence electrons. The van der Waals surface area contributed by atoms with Crippen LogP contribution in [0.3, 0.4) is 0 Å². The van der Waals surface area contributed by atoms with Crippen LogP contribution in [0, 0.1) is 12.3 Å². The normalized spacial score (nSPS) is 9.31. The van der Waals surface area contributed by atoms with Crippen molar-refractivity contribution in [3.8, 4) is 12.3 Å². The van der Waals surface area contributed by atoms with E-state index < -0.39 is 0 Å². The van der Waals surface area contributed by atoms with E-state index >= 15 is 0 Å². The molecular formula is C10H9BrClN. The number of nitrogens with one attached hydrogen (secondary N) is 1. The average molecular weight is 259 g/mol. The third kappa shape index (κ3) is 3.30. The van der Waals surface area contributed by atoms with Gasteiger partial charge in [0, 0.05) is 23.1 Å². The quantitative estimate of drug-likeness (QED) is 0.646. The molecule has 0 bridgehead atoms. The topological polar surface area (TPSA) is 12.0 Å². The van der Waals surface area contributed by atoms with Crippen LogP contribution in [0.1, 0.15) is 6.42 Å². The Morgan fingerprint density at radius 1 is 1.54 bits per heavy atom. The molecule has 0 atom stereocenters. The molecule has 3 heteroatoms. The van der Waals surface area contributed by atoms with Crippen LogP contribution in [0.25, 0.3) is 0 Å². The summed E-state index contributed by atoms with van der Waals surface area (Å²) in [5, 5.41) is 3.87. The number of rotatable bonds is 3. The number of benzene rings is 1. The first-order valence-electron chi connectivity index (χ1n) is 3.86. The van der Waals surface area contributed by atoms with Crippen molar-refractivity contribution in [2.75, 3.05) is 11.9 Å². The first kappa shape index (κ1) is 10.4. The fourth-order valence-corrected chi connectivity index (χ4v) is 1.31. The molecule has 1 nitrogen and oxygen atoms in total.